The lowest BCUT2D eigenvalue weighted by molar-refractivity contribution is 0.0921. The quantitative estimate of drug-likeness (QED) is 0.799. The molecule has 0 saturated carbocycles. The average Bonchev–Trinajstić information content (AvgIpc) is 2.53. The molecule has 0 N–H and O–H groups in total. The maximum atomic E-state index is 12.0. The van der Waals surface area contributed by atoms with Gasteiger partial charge in [-0.25, -0.2) is 0 Å². The van der Waals surface area contributed by atoms with Gasteiger partial charge in [0.2, 0.25) is 0 Å². The zero-order valence-electron chi connectivity index (χ0n) is 10.8. The van der Waals surface area contributed by atoms with Crippen LogP contribution in [0.1, 0.15) is 21.5 Å². The fourth-order valence-electron chi connectivity index (χ4n) is 1.67. The molecule has 2 aromatic rings. The van der Waals surface area contributed by atoms with Crippen molar-refractivity contribution in [2.24, 2.45) is 0 Å². The highest BCUT2D eigenvalue weighted by atomic mass is 79.9. The van der Waals surface area contributed by atoms with E-state index in [9.17, 15) is 4.79 Å². The normalized spacial score (nSPS) is 9.48. The van der Waals surface area contributed by atoms with Crippen LogP contribution in [0.25, 0.3) is 0 Å². The standard InChI is InChI=1S/C16H9BrN2O2/c17-14-5-6-16(13(7-14)9-19)21-10-15(20)12-3-1-11(8-18)2-4-12/h1-7H,10H2. The molecule has 0 amide bonds. The summed E-state index contributed by atoms with van der Waals surface area (Å²) in [5.74, 6) is 0.147. The molecule has 0 bridgehead atoms. The first-order valence-electron chi connectivity index (χ1n) is 6.00. The van der Waals surface area contributed by atoms with Crippen molar-refractivity contribution in [3.63, 3.8) is 0 Å². The minimum atomic E-state index is -0.216. The largest absolute Gasteiger partial charge is 0.484 e. The Morgan fingerprint density at radius 3 is 2.43 bits per heavy atom. The molecule has 0 heterocycles. The number of rotatable bonds is 4. The Balaban J connectivity index is 2.07. The monoisotopic (exact) mass is 340 g/mol. The molecule has 0 aliphatic heterocycles. The van der Waals surface area contributed by atoms with Crippen LogP contribution in [0.2, 0.25) is 0 Å². The van der Waals surface area contributed by atoms with E-state index in [-0.39, 0.29) is 12.4 Å². The number of ketones is 1. The van der Waals surface area contributed by atoms with Gasteiger partial charge >= 0.3 is 0 Å². The van der Waals surface area contributed by atoms with Crippen LogP contribution in [0.15, 0.2) is 46.9 Å². The SMILES string of the molecule is N#Cc1ccc(C(=O)COc2ccc(Br)cc2C#N)cc1. The van der Waals surface area contributed by atoms with E-state index >= 15 is 0 Å². The van der Waals surface area contributed by atoms with Gasteiger partial charge in [-0.15, -0.1) is 0 Å². The Kier molecular flexibility index (Phi) is 4.71. The van der Waals surface area contributed by atoms with Crippen LogP contribution < -0.4 is 4.74 Å². The minimum absolute atomic E-state index is 0.164. The Morgan fingerprint density at radius 2 is 1.81 bits per heavy atom. The molecular weight excluding hydrogens is 332 g/mol. The van der Waals surface area contributed by atoms with E-state index < -0.39 is 0 Å². The molecule has 2 rings (SSSR count). The molecule has 0 radical (unpaired) electrons. The molecule has 0 unspecified atom stereocenters. The molecule has 102 valence electrons. The highest BCUT2D eigenvalue weighted by Crippen LogP contribution is 2.22. The lowest BCUT2D eigenvalue weighted by Gasteiger charge is -2.07. The molecule has 0 aliphatic rings. The van der Waals surface area contributed by atoms with Gasteiger partial charge in [-0.2, -0.15) is 10.5 Å². The van der Waals surface area contributed by atoms with Crippen molar-refractivity contribution < 1.29 is 9.53 Å². The molecule has 2 aromatic carbocycles. The number of halogens is 1. The van der Waals surface area contributed by atoms with Crippen molar-refractivity contribution >= 4 is 21.7 Å². The second kappa shape index (κ2) is 6.69. The molecule has 0 spiro atoms. The Morgan fingerprint density at radius 1 is 1.10 bits per heavy atom. The third kappa shape index (κ3) is 3.68. The van der Waals surface area contributed by atoms with Crippen LogP contribution in [0.5, 0.6) is 5.75 Å². The molecule has 0 atom stereocenters. The van der Waals surface area contributed by atoms with Crippen molar-refractivity contribution in [2.45, 2.75) is 0 Å². The van der Waals surface area contributed by atoms with Crippen molar-refractivity contribution in [3.8, 4) is 17.9 Å². The summed E-state index contributed by atoms with van der Waals surface area (Å²) < 4.78 is 6.17. The Hall–Kier alpha value is -2.63. The maximum Gasteiger partial charge on any atom is 0.200 e. The molecule has 0 saturated heterocycles. The molecule has 0 aromatic heterocycles. The van der Waals surface area contributed by atoms with Crippen molar-refractivity contribution in [2.75, 3.05) is 6.61 Å². The van der Waals surface area contributed by atoms with E-state index in [4.69, 9.17) is 15.3 Å². The Labute approximate surface area is 130 Å². The molecular formula is C16H9BrN2O2. The summed E-state index contributed by atoms with van der Waals surface area (Å²) in [6, 6.07) is 15.3. The number of nitriles is 2. The number of carbonyl (C=O) groups is 1. The predicted octanol–water partition coefficient (Wildman–Crippen LogP) is 3.45. The molecule has 21 heavy (non-hydrogen) atoms. The van der Waals surface area contributed by atoms with Gasteiger partial charge in [0.05, 0.1) is 17.2 Å². The van der Waals surface area contributed by atoms with Gasteiger partial charge in [0, 0.05) is 10.0 Å². The van der Waals surface area contributed by atoms with Crippen LogP contribution >= 0.6 is 15.9 Å². The van der Waals surface area contributed by atoms with Crippen LogP contribution in [-0.4, -0.2) is 12.4 Å². The van der Waals surface area contributed by atoms with Crippen LogP contribution in [0.4, 0.5) is 0 Å². The van der Waals surface area contributed by atoms with E-state index in [1.54, 1.807) is 42.5 Å². The highest BCUT2D eigenvalue weighted by molar-refractivity contribution is 9.10. The maximum absolute atomic E-state index is 12.0. The zero-order chi connectivity index (χ0) is 15.2. The number of benzene rings is 2. The number of Topliss-reactive ketones (excluding diaryl/α,β-unsaturated/α-hetero) is 1. The summed E-state index contributed by atoms with van der Waals surface area (Å²) in [5.41, 5.74) is 1.31. The Bertz CT molecular complexity index is 755. The molecule has 0 aliphatic carbocycles. The van der Waals surface area contributed by atoms with Gasteiger partial charge in [0.1, 0.15) is 11.8 Å². The van der Waals surface area contributed by atoms with E-state index in [0.29, 0.717) is 22.4 Å². The van der Waals surface area contributed by atoms with E-state index in [0.717, 1.165) is 4.47 Å². The summed E-state index contributed by atoms with van der Waals surface area (Å²) in [6.07, 6.45) is 0. The van der Waals surface area contributed by atoms with Crippen LogP contribution in [0, 0.1) is 22.7 Å². The smallest absolute Gasteiger partial charge is 0.200 e. The van der Waals surface area contributed by atoms with Crippen molar-refractivity contribution in [1.82, 2.24) is 0 Å². The summed E-state index contributed by atoms with van der Waals surface area (Å²) in [5, 5.41) is 17.7. The molecule has 5 heteroatoms. The number of nitrogens with zero attached hydrogens (tertiary/aromatic N) is 2. The fourth-order valence-corrected chi connectivity index (χ4v) is 2.03. The first-order valence-corrected chi connectivity index (χ1v) is 6.79. The predicted molar refractivity (Wildman–Crippen MR) is 79.8 cm³/mol. The highest BCUT2D eigenvalue weighted by Gasteiger charge is 2.09. The van der Waals surface area contributed by atoms with Crippen molar-refractivity contribution in [3.05, 3.63) is 63.6 Å². The first-order chi connectivity index (χ1) is 10.1. The zero-order valence-corrected chi connectivity index (χ0v) is 12.4. The average molecular weight is 341 g/mol. The lowest BCUT2D eigenvalue weighted by atomic mass is 10.1. The first kappa shape index (κ1) is 14.8. The topological polar surface area (TPSA) is 73.9 Å². The summed E-state index contributed by atoms with van der Waals surface area (Å²) in [6.45, 7) is -0.164. The second-order valence-electron chi connectivity index (χ2n) is 4.15. The van der Waals surface area contributed by atoms with Gasteiger partial charge in [-0.1, -0.05) is 15.9 Å². The molecule has 0 fully saturated rings. The van der Waals surface area contributed by atoms with Crippen LogP contribution in [0.3, 0.4) is 0 Å². The number of hydrogen-bond acceptors (Lipinski definition) is 4. The minimum Gasteiger partial charge on any atom is -0.484 e. The van der Waals surface area contributed by atoms with E-state index in [1.807, 2.05) is 12.1 Å². The van der Waals surface area contributed by atoms with Gasteiger partial charge < -0.3 is 4.74 Å². The van der Waals surface area contributed by atoms with Gasteiger partial charge in [0.25, 0.3) is 0 Å². The summed E-state index contributed by atoms with van der Waals surface area (Å²) >= 11 is 3.27. The number of carbonyl (C=O) groups excluding carboxylic acids is 1. The summed E-state index contributed by atoms with van der Waals surface area (Å²) in [7, 11) is 0. The molecule has 4 nitrogen and oxygen atoms in total. The number of ether oxygens (including phenoxy) is 1. The van der Waals surface area contributed by atoms with Gasteiger partial charge in [0.15, 0.2) is 12.4 Å². The van der Waals surface area contributed by atoms with Crippen LogP contribution in [-0.2, 0) is 0 Å². The second-order valence-corrected chi connectivity index (χ2v) is 5.07. The lowest BCUT2D eigenvalue weighted by Crippen LogP contribution is -2.12. The van der Waals surface area contributed by atoms with Gasteiger partial charge in [-0.05, 0) is 42.5 Å². The summed E-state index contributed by atoms with van der Waals surface area (Å²) in [4.78, 5) is 12.0. The number of hydrogen-bond donors (Lipinski definition) is 0. The third-order valence-corrected chi connectivity index (χ3v) is 3.25. The van der Waals surface area contributed by atoms with E-state index in [2.05, 4.69) is 15.9 Å². The van der Waals surface area contributed by atoms with Gasteiger partial charge in [-0.3, -0.25) is 4.79 Å². The van der Waals surface area contributed by atoms with E-state index in [1.165, 1.54) is 0 Å². The fraction of sp³-hybridized carbons (Fsp3) is 0.0625. The third-order valence-electron chi connectivity index (χ3n) is 2.76. The van der Waals surface area contributed by atoms with Crippen molar-refractivity contribution in [1.29, 1.82) is 10.5 Å².